The molecular formula is C23H30N4O3. The van der Waals surface area contributed by atoms with Crippen LogP contribution < -0.4 is 15.4 Å². The van der Waals surface area contributed by atoms with Crippen molar-refractivity contribution in [2.45, 2.75) is 26.3 Å². The normalized spacial score (nSPS) is 27.0. The number of nitrogens with one attached hydrogen (secondary N) is 2. The summed E-state index contributed by atoms with van der Waals surface area (Å²) in [5, 5.41) is 6.53. The van der Waals surface area contributed by atoms with Crippen molar-refractivity contribution in [3.63, 3.8) is 0 Å². The number of likely N-dealkylation sites (tertiary alicyclic amines) is 1. The Bertz CT molecular complexity index is 819. The van der Waals surface area contributed by atoms with Crippen molar-refractivity contribution in [1.29, 1.82) is 0 Å². The van der Waals surface area contributed by atoms with E-state index in [2.05, 4.69) is 27.8 Å². The number of amides is 2. The lowest BCUT2D eigenvalue weighted by Crippen LogP contribution is -2.40. The van der Waals surface area contributed by atoms with Crippen LogP contribution in [0.2, 0.25) is 0 Å². The Morgan fingerprint density at radius 2 is 1.77 bits per heavy atom. The van der Waals surface area contributed by atoms with Gasteiger partial charge in [0.25, 0.3) is 0 Å². The van der Waals surface area contributed by atoms with Crippen LogP contribution in [-0.4, -0.2) is 49.4 Å². The zero-order valence-electron chi connectivity index (χ0n) is 17.6. The molecule has 2 bridgehead atoms. The van der Waals surface area contributed by atoms with Gasteiger partial charge in [-0.05, 0) is 49.3 Å². The average Bonchev–Trinajstić information content (AvgIpc) is 3.44. The van der Waals surface area contributed by atoms with E-state index >= 15 is 0 Å². The van der Waals surface area contributed by atoms with Gasteiger partial charge in [-0.25, -0.2) is 4.99 Å². The lowest BCUT2D eigenvalue weighted by molar-refractivity contribution is -0.140. The maximum absolute atomic E-state index is 12.7. The molecule has 0 aromatic heterocycles. The molecule has 30 heavy (non-hydrogen) atoms. The molecule has 1 saturated heterocycles. The van der Waals surface area contributed by atoms with Crippen molar-refractivity contribution in [3.8, 4) is 5.75 Å². The lowest BCUT2D eigenvalue weighted by atomic mass is 9.85. The van der Waals surface area contributed by atoms with E-state index in [0.717, 1.165) is 30.2 Å². The van der Waals surface area contributed by atoms with Crippen molar-refractivity contribution < 1.29 is 14.3 Å². The number of hydrogen-bond acceptors (Lipinski definition) is 4. The first-order chi connectivity index (χ1) is 14.6. The molecule has 2 fully saturated rings. The molecular weight excluding hydrogens is 380 g/mol. The van der Waals surface area contributed by atoms with Gasteiger partial charge in [0.15, 0.2) is 5.96 Å². The Morgan fingerprint density at radius 3 is 2.37 bits per heavy atom. The fraction of sp³-hybridized carbons (Fsp3) is 0.522. The van der Waals surface area contributed by atoms with E-state index in [4.69, 9.17) is 4.74 Å². The number of rotatable bonds is 8. The summed E-state index contributed by atoms with van der Waals surface area (Å²) in [6.45, 7) is 4.45. The predicted molar refractivity (Wildman–Crippen MR) is 115 cm³/mol. The third-order valence-corrected chi connectivity index (χ3v) is 6.34. The number of carbonyl (C=O) groups excluding carboxylic acids is 2. The highest BCUT2D eigenvalue weighted by atomic mass is 16.5. The first kappa shape index (κ1) is 20.4. The van der Waals surface area contributed by atoms with Crippen LogP contribution in [0.1, 0.15) is 25.3 Å². The summed E-state index contributed by atoms with van der Waals surface area (Å²) >= 11 is 0. The van der Waals surface area contributed by atoms with Crippen LogP contribution in [0.4, 0.5) is 0 Å². The zero-order valence-corrected chi connectivity index (χ0v) is 17.6. The summed E-state index contributed by atoms with van der Waals surface area (Å²) in [5.74, 6) is 1.93. The van der Waals surface area contributed by atoms with Gasteiger partial charge in [-0.3, -0.25) is 14.5 Å². The van der Waals surface area contributed by atoms with Crippen LogP contribution in [0.25, 0.3) is 0 Å². The van der Waals surface area contributed by atoms with Gasteiger partial charge in [0.2, 0.25) is 11.8 Å². The van der Waals surface area contributed by atoms with Crippen LogP contribution in [0.5, 0.6) is 5.75 Å². The highest BCUT2D eigenvalue weighted by Crippen LogP contribution is 2.52. The highest BCUT2D eigenvalue weighted by Gasteiger charge is 2.58. The second-order valence-corrected chi connectivity index (χ2v) is 8.15. The van der Waals surface area contributed by atoms with E-state index < -0.39 is 0 Å². The summed E-state index contributed by atoms with van der Waals surface area (Å²) in [5.41, 5.74) is 1.09. The summed E-state index contributed by atoms with van der Waals surface area (Å²) in [6, 6.07) is 7.84. The van der Waals surface area contributed by atoms with Crippen molar-refractivity contribution >= 4 is 17.8 Å². The summed E-state index contributed by atoms with van der Waals surface area (Å²) in [4.78, 5) is 31.6. The van der Waals surface area contributed by atoms with Gasteiger partial charge in [0, 0.05) is 19.6 Å². The number of aliphatic imine (C=N–C) groups is 1. The number of imide groups is 1. The molecule has 0 radical (unpaired) electrons. The van der Waals surface area contributed by atoms with E-state index in [9.17, 15) is 9.59 Å². The number of ether oxygens (including phenoxy) is 1. The molecule has 4 unspecified atom stereocenters. The van der Waals surface area contributed by atoms with E-state index in [1.54, 1.807) is 7.11 Å². The second-order valence-electron chi connectivity index (χ2n) is 8.15. The smallest absolute Gasteiger partial charge is 0.233 e. The van der Waals surface area contributed by atoms with Gasteiger partial charge in [-0.15, -0.1) is 0 Å². The number of allylic oxidation sites excluding steroid dienone is 2. The summed E-state index contributed by atoms with van der Waals surface area (Å²) < 4.78 is 5.18. The van der Waals surface area contributed by atoms with E-state index in [0.29, 0.717) is 26.1 Å². The monoisotopic (exact) mass is 410 g/mol. The largest absolute Gasteiger partial charge is 0.497 e. The molecule has 1 aromatic rings. The number of hydrogen-bond donors (Lipinski definition) is 2. The van der Waals surface area contributed by atoms with E-state index in [-0.39, 0.29) is 35.5 Å². The molecule has 2 aliphatic carbocycles. The molecule has 1 saturated carbocycles. The van der Waals surface area contributed by atoms with Crippen molar-refractivity contribution in [2.24, 2.45) is 28.7 Å². The quantitative estimate of drug-likeness (QED) is 0.225. The van der Waals surface area contributed by atoms with Crippen LogP contribution in [0.3, 0.4) is 0 Å². The van der Waals surface area contributed by atoms with Gasteiger partial charge in [0.05, 0.1) is 25.5 Å². The Labute approximate surface area is 177 Å². The zero-order chi connectivity index (χ0) is 21.1. The fourth-order valence-electron chi connectivity index (χ4n) is 4.87. The fourth-order valence-corrected chi connectivity index (χ4v) is 4.87. The predicted octanol–water partition coefficient (Wildman–Crippen LogP) is 1.95. The summed E-state index contributed by atoms with van der Waals surface area (Å²) in [7, 11) is 1.65. The Kier molecular flexibility index (Phi) is 6.06. The van der Waals surface area contributed by atoms with Crippen molar-refractivity contribution in [2.75, 3.05) is 26.7 Å². The number of fused-ring (bicyclic) bond motifs is 5. The third-order valence-electron chi connectivity index (χ3n) is 6.34. The van der Waals surface area contributed by atoms with Gasteiger partial charge in [0.1, 0.15) is 5.75 Å². The average molecular weight is 411 g/mol. The molecule has 160 valence electrons. The molecule has 4 rings (SSSR count). The van der Waals surface area contributed by atoms with Crippen LogP contribution in [-0.2, 0) is 16.1 Å². The van der Waals surface area contributed by atoms with Crippen LogP contribution >= 0.6 is 0 Å². The van der Waals surface area contributed by atoms with Gasteiger partial charge in [-0.1, -0.05) is 24.3 Å². The molecule has 2 N–H and O–H groups in total. The third kappa shape index (κ3) is 3.93. The first-order valence-corrected chi connectivity index (χ1v) is 10.8. The molecule has 3 aliphatic rings. The molecule has 1 aromatic carbocycles. The molecule has 7 heteroatoms. The van der Waals surface area contributed by atoms with Gasteiger partial charge < -0.3 is 15.4 Å². The minimum Gasteiger partial charge on any atom is -0.497 e. The van der Waals surface area contributed by atoms with Gasteiger partial charge in [-0.2, -0.15) is 0 Å². The molecule has 0 spiro atoms. The molecule has 1 aliphatic heterocycles. The number of benzene rings is 1. The highest BCUT2D eigenvalue weighted by molar-refractivity contribution is 6.06. The van der Waals surface area contributed by atoms with Crippen molar-refractivity contribution in [3.05, 3.63) is 42.0 Å². The Hall–Kier alpha value is -2.83. The van der Waals surface area contributed by atoms with Gasteiger partial charge >= 0.3 is 0 Å². The standard InChI is InChI=1S/C23H30N4O3/c1-3-24-23(26-14-15-5-9-18(30-2)10-6-15)25-11-4-12-27-21(28)19-16-7-8-17(13-16)20(19)22(27)29/h5-10,16-17,19-20H,3-4,11-14H2,1-2H3,(H2,24,25,26). The minimum absolute atomic E-state index is 0.0296. The second kappa shape index (κ2) is 8.90. The Balaban J connectivity index is 1.26. The number of carbonyl (C=O) groups is 2. The Morgan fingerprint density at radius 1 is 1.10 bits per heavy atom. The number of guanidine groups is 1. The van der Waals surface area contributed by atoms with E-state index in [1.807, 2.05) is 31.2 Å². The van der Waals surface area contributed by atoms with Crippen LogP contribution in [0, 0.1) is 23.7 Å². The molecule has 1 heterocycles. The lowest BCUT2D eigenvalue weighted by Gasteiger charge is -2.18. The first-order valence-electron chi connectivity index (χ1n) is 10.8. The maximum atomic E-state index is 12.7. The molecule has 4 atom stereocenters. The maximum Gasteiger partial charge on any atom is 0.233 e. The van der Waals surface area contributed by atoms with Crippen molar-refractivity contribution in [1.82, 2.24) is 15.5 Å². The summed E-state index contributed by atoms with van der Waals surface area (Å²) in [6.07, 6.45) is 5.93. The van der Waals surface area contributed by atoms with Crippen LogP contribution in [0.15, 0.2) is 41.4 Å². The number of methoxy groups -OCH3 is 1. The molecule has 2 amide bonds. The van der Waals surface area contributed by atoms with E-state index in [1.165, 1.54) is 4.90 Å². The molecule has 7 nitrogen and oxygen atoms in total. The minimum atomic E-state index is -0.108. The number of nitrogens with zero attached hydrogens (tertiary/aromatic N) is 2. The SMILES string of the molecule is CCNC(=NCc1ccc(OC)cc1)NCCCN1C(=O)C2C3C=CC(C3)C2C1=O. The topological polar surface area (TPSA) is 83.0 Å².